The van der Waals surface area contributed by atoms with Gasteiger partial charge in [0.25, 0.3) is 0 Å². The van der Waals surface area contributed by atoms with Crippen molar-refractivity contribution < 1.29 is 30.6 Å². The minimum absolute atomic E-state index is 0. The van der Waals surface area contributed by atoms with E-state index in [1.165, 1.54) is 36.5 Å². The average molecular weight is 639 g/mol. The fourth-order valence-electron chi connectivity index (χ4n) is 3.61. The van der Waals surface area contributed by atoms with Gasteiger partial charge < -0.3 is 25.2 Å². The second-order valence-corrected chi connectivity index (χ2v) is 12.0. The largest absolute Gasteiger partial charge is 0.493 e. The molecule has 0 unspecified atom stereocenters. The summed E-state index contributed by atoms with van der Waals surface area (Å²) in [6.45, 7) is 1.87. The number of nitriles is 1. The highest BCUT2D eigenvalue weighted by Crippen LogP contribution is 2.30. The van der Waals surface area contributed by atoms with Gasteiger partial charge in [-0.05, 0) is 53.5 Å². The number of guanidine groups is 1. The van der Waals surface area contributed by atoms with Crippen LogP contribution >= 0.6 is 12.4 Å². The van der Waals surface area contributed by atoms with Crippen LogP contribution in [0.2, 0.25) is 0 Å². The lowest BCUT2D eigenvalue weighted by Crippen LogP contribution is -2.32. The zero-order valence-electron chi connectivity index (χ0n) is 22.6. The van der Waals surface area contributed by atoms with E-state index in [0.29, 0.717) is 23.3 Å². The van der Waals surface area contributed by atoms with E-state index in [4.69, 9.17) is 30.5 Å². The van der Waals surface area contributed by atoms with E-state index in [-0.39, 0.29) is 56.8 Å². The van der Waals surface area contributed by atoms with E-state index >= 15 is 0 Å². The number of ether oxygens (including phenoxy) is 1. The Balaban J connectivity index is 0.00000616. The zero-order valence-corrected chi connectivity index (χ0v) is 25.1. The summed E-state index contributed by atoms with van der Waals surface area (Å²) in [6, 6.07) is 14.9. The maximum Gasteiger partial charge on any atom is 0.340 e. The molecule has 0 atom stereocenters. The number of sulfonamides is 1. The molecule has 13 nitrogen and oxygen atoms in total. The number of nitrogens with two attached hydrogens (primary N) is 2. The Labute approximate surface area is 251 Å². The molecule has 0 aliphatic rings. The van der Waals surface area contributed by atoms with Crippen molar-refractivity contribution in [2.45, 2.75) is 36.1 Å². The fraction of sp³-hybridized carbons (Fsp3) is 0.269. The van der Waals surface area contributed by atoms with E-state index in [1.807, 2.05) is 6.07 Å². The molecule has 0 bridgehead atoms. The monoisotopic (exact) mass is 638 g/mol. The molecule has 16 heteroatoms. The van der Waals surface area contributed by atoms with Crippen LogP contribution in [-0.4, -0.2) is 51.8 Å². The number of rotatable bonds is 15. The van der Waals surface area contributed by atoms with E-state index in [2.05, 4.69) is 10.1 Å². The highest BCUT2D eigenvalue weighted by Gasteiger charge is 2.32. The number of nitrogens with zero attached hydrogens (tertiary/aromatic N) is 4. The Morgan fingerprint density at radius 2 is 1.74 bits per heavy atom. The Bertz CT molecular complexity index is 1610. The molecule has 1 heterocycles. The number of oxime groups is 1. The number of aryl methyl sites for hydroxylation is 1. The number of hydrogen-bond acceptors (Lipinski definition) is 10. The number of halogens is 1. The summed E-state index contributed by atoms with van der Waals surface area (Å²) in [7, 11) is -9.01. The summed E-state index contributed by atoms with van der Waals surface area (Å²) in [5.74, 6) is 0.0584. The van der Waals surface area contributed by atoms with Crippen molar-refractivity contribution in [2.24, 2.45) is 16.6 Å². The van der Waals surface area contributed by atoms with Gasteiger partial charge in [-0.2, -0.15) is 18.0 Å². The first-order chi connectivity index (χ1) is 19.5. The molecule has 3 aromatic rings. The molecule has 0 spiro atoms. The zero-order chi connectivity index (χ0) is 29.9. The Kier molecular flexibility index (Phi) is 12.8. The summed E-state index contributed by atoms with van der Waals surface area (Å²) >= 11 is 0. The number of benzene rings is 2. The summed E-state index contributed by atoms with van der Waals surface area (Å²) in [5, 5.41) is 12.5. The van der Waals surface area contributed by atoms with E-state index < -0.39 is 29.9 Å². The van der Waals surface area contributed by atoms with Crippen LogP contribution in [0, 0.1) is 18.3 Å². The summed E-state index contributed by atoms with van der Waals surface area (Å²) in [6.07, 6.45) is 3.38. The first-order valence-corrected chi connectivity index (χ1v) is 15.1. The lowest BCUT2D eigenvalue weighted by Gasteiger charge is -2.22. The molecule has 1 aromatic heterocycles. The van der Waals surface area contributed by atoms with Gasteiger partial charge in [-0.25, -0.2) is 8.42 Å². The molecule has 0 saturated carbocycles. The fourth-order valence-corrected chi connectivity index (χ4v) is 6.74. The quantitative estimate of drug-likeness (QED) is 0.0815. The van der Waals surface area contributed by atoms with Crippen LogP contribution in [0.4, 0.5) is 0 Å². The average Bonchev–Trinajstić information content (AvgIpc) is 2.92. The van der Waals surface area contributed by atoms with Gasteiger partial charge in [0.05, 0.1) is 12.7 Å². The van der Waals surface area contributed by atoms with E-state index in [1.54, 1.807) is 31.3 Å². The lowest BCUT2D eigenvalue weighted by atomic mass is 10.2. The van der Waals surface area contributed by atoms with Crippen molar-refractivity contribution in [3.8, 4) is 17.6 Å². The number of hydrogen-bond donors (Lipinski definition) is 2. The molecule has 226 valence electrons. The van der Waals surface area contributed by atoms with Crippen molar-refractivity contribution in [3.63, 3.8) is 0 Å². The van der Waals surface area contributed by atoms with Gasteiger partial charge in [0.2, 0.25) is 16.0 Å². The molecule has 42 heavy (non-hydrogen) atoms. The number of aromatic nitrogens is 1. The van der Waals surface area contributed by atoms with Crippen molar-refractivity contribution in [1.29, 1.82) is 5.26 Å². The van der Waals surface area contributed by atoms with Crippen molar-refractivity contribution in [1.82, 2.24) is 9.29 Å². The van der Waals surface area contributed by atoms with Crippen molar-refractivity contribution in [2.75, 3.05) is 19.8 Å². The molecular formula is C26H31ClN6O7S2. The van der Waals surface area contributed by atoms with Gasteiger partial charge in [0.15, 0.2) is 0 Å². The maximum absolute atomic E-state index is 13.7. The highest BCUT2D eigenvalue weighted by molar-refractivity contribution is 7.91. The SMILES string of the molecule is Cc1cc(OCCCON=C(N)N)cc(OS(=O)(=O)c2ccccc2S(=O)(=O)N(CCC#N)Cc2cccnc2)c1.Cl. The van der Waals surface area contributed by atoms with Gasteiger partial charge in [-0.3, -0.25) is 4.98 Å². The third-order valence-electron chi connectivity index (χ3n) is 5.34. The van der Waals surface area contributed by atoms with Crippen molar-refractivity contribution in [3.05, 3.63) is 78.1 Å². The first kappa shape index (κ1) is 34.1. The second kappa shape index (κ2) is 15.8. The minimum Gasteiger partial charge on any atom is -0.493 e. The van der Waals surface area contributed by atoms with Crippen LogP contribution in [0.5, 0.6) is 11.5 Å². The predicted octanol–water partition coefficient (Wildman–Crippen LogP) is 2.66. The molecule has 2 aromatic carbocycles. The molecule has 4 N–H and O–H groups in total. The third kappa shape index (κ3) is 9.77. The minimum atomic E-state index is -4.63. The maximum atomic E-state index is 13.7. The highest BCUT2D eigenvalue weighted by atomic mass is 35.5. The number of pyridine rings is 1. The lowest BCUT2D eigenvalue weighted by molar-refractivity contribution is 0.127. The van der Waals surface area contributed by atoms with Crippen LogP contribution in [0.1, 0.15) is 24.0 Å². The molecular weight excluding hydrogens is 608 g/mol. The molecule has 3 rings (SSSR count). The summed E-state index contributed by atoms with van der Waals surface area (Å²) in [4.78, 5) is 7.86. The smallest absolute Gasteiger partial charge is 0.340 e. The molecule has 0 saturated heterocycles. The molecule has 0 amide bonds. The van der Waals surface area contributed by atoms with Crippen LogP contribution in [0.3, 0.4) is 0 Å². The molecule has 0 radical (unpaired) electrons. The van der Waals surface area contributed by atoms with Crippen LogP contribution in [0.15, 0.2) is 81.9 Å². The standard InChI is InChI=1S/C26H30N6O7S2.ClH/c1-20-15-22(37-13-6-14-38-31-26(28)29)17-23(16-20)39-41(35,36)25-9-3-2-8-24(25)40(33,34)32(12-5-10-27)19-21-7-4-11-30-18-21;/h2-4,7-9,11,15-18H,5-6,12-14,19H2,1H3,(H4,28,29,31);1H. The van der Waals surface area contributed by atoms with Crippen LogP contribution < -0.4 is 20.4 Å². The Hall–Kier alpha value is -4.10. The molecule has 0 aliphatic carbocycles. The topological polar surface area (TPSA) is 200 Å². The molecule has 0 aliphatic heterocycles. The van der Waals surface area contributed by atoms with Gasteiger partial charge in [0.1, 0.15) is 27.9 Å². The second-order valence-electron chi connectivity index (χ2n) is 8.63. The van der Waals surface area contributed by atoms with Gasteiger partial charge in [-0.15, -0.1) is 12.4 Å². The van der Waals surface area contributed by atoms with Gasteiger partial charge in [0, 0.05) is 44.4 Å². The predicted molar refractivity (Wildman–Crippen MR) is 157 cm³/mol. The summed E-state index contributed by atoms with van der Waals surface area (Å²) < 4.78 is 66.4. The van der Waals surface area contributed by atoms with Crippen LogP contribution in [0.25, 0.3) is 0 Å². The Morgan fingerprint density at radius 3 is 2.40 bits per heavy atom. The summed E-state index contributed by atoms with van der Waals surface area (Å²) in [5.41, 5.74) is 11.6. The Morgan fingerprint density at radius 1 is 1.02 bits per heavy atom. The normalized spacial score (nSPS) is 11.2. The van der Waals surface area contributed by atoms with E-state index in [9.17, 15) is 16.8 Å². The van der Waals surface area contributed by atoms with Crippen LogP contribution in [-0.2, 0) is 31.5 Å². The van der Waals surface area contributed by atoms with E-state index in [0.717, 1.165) is 10.4 Å². The van der Waals surface area contributed by atoms with Gasteiger partial charge >= 0.3 is 10.1 Å². The molecule has 0 fully saturated rings. The first-order valence-electron chi connectivity index (χ1n) is 12.3. The van der Waals surface area contributed by atoms with Crippen molar-refractivity contribution >= 4 is 38.5 Å². The van der Waals surface area contributed by atoms with Gasteiger partial charge in [-0.1, -0.05) is 18.2 Å². The third-order valence-corrected chi connectivity index (χ3v) is 8.68.